The van der Waals surface area contributed by atoms with Gasteiger partial charge in [0.2, 0.25) is 5.91 Å². The number of carbonyl (C=O) groups is 1. The highest BCUT2D eigenvalue weighted by atomic mass is 32.2. The van der Waals surface area contributed by atoms with Crippen LogP contribution in [0.25, 0.3) is 0 Å². The Morgan fingerprint density at radius 1 is 1.44 bits per heavy atom. The quantitative estimate of drug-likeness (QED) is 0.670. The van der Waals surface area contributed by atoms with E-state index in [0.717, 1.165) is 6.26 Å². The number of sulfone groups is 1. The molecule has 0 aliphatic carbocycles. The Morgan fingerprint density at radius 3 is 2.33 bits per heavy atom. The maximum atomic E-state index is 11.8. The van der Waals surface area contributed by atoms with E-state index in [2.05, 4.69) is 0 Å². The van der Waals surface area contributed by atoms with E-state index in [1.165, 1.54) is 4.90 Å². The van der Waals surface area contributed by atoms with E-state index in [1.807, 2.05) is 13.8 Å². The van der Waals surface area contributed by atoms with Gasteiger partial charge in [0.25, 0.3) is 0 Å². The minimum Gasteiger partial charge on any atom is -0.386 e. The molecule has 18 heavy (non-hydrogen) atoms. The van der Waals surface area contributed by atoms with E-state index in [0.29, 0.717) is 0 Å². The van der Waals surface area contributed by atoms with E-state index < -0.39 is 21.5 Å². The molecular formula is C11H22N2O4S. The van der Waals surface area contributed by atoms with Gasteiger partial charge in [0, 0.05) is 6.26 Å². The molecule has 0 aromatic carbocycles. The first-order valence-corrected chi connectivity index (χ1v) is 8.06. The van der Waals surface area contributed by atoms with Crippen LogP contribution in [0.4, 0.5) is 0 Å². The molecule has 1 rings (SSSR count). The second kappa shape index (κ2) is 5.14. The molecule has 1 heterocycles. The topological polar surface area (TPSA) is 101 Å². The minimum atomic E-state index is -3.10. The molecule has 6 nitrogen and oxygen atoms in total. The lowest BCUT2D eigenvalue weighted by molar-refractivity contribution is -0.165. The maximum Gasteiger partial charge on any atom is 0.239 e. The van der Waals surface area contributed by atoms with Crippen LogP contribution in [0, 0.1) is 5.92 Å². The Hall–Kier alpha value is -0.660. The van der Waals surface area contributed by atoms with Gasteiger partial charge in [0.15, 0.2) is 0 Å². The highest BCUT2D eigenvalue weighted by Gasteiger charge is 2.46. The Labute approximate surface area is 108 Å². The number of likely N-dealkylation sites (tertiary alicyclic amines) is 1. The van der Waals surface area contributed by atoms with Crippen molar-refractivity contribution in [2.75, 3.05) is 25.1 Å². The summed E-state index contributed by atoms with van der Waals surface area (Å²) < 4.78 is 22.0. The molecule has 0 saturated carbocycles. The predicted octanol–water partition coefficient (Wildman–Crippen LogP) is -1.02. The third kappa shape index (κ3) is 3.66. The second-order valence-corrected chi connectivity index (χ2v) is 7.74. The second-order valence-electron chi connectivity index (χ2n) is 5.48. The summed E-state index contributed by atoms with van der Waals surface area (Å²) >= 11 is 0. The molecule has 1 saturated heterocycles. The zero-order chi connectivity index (χ0) is 14.1. The Balaban J connectivity index is 2.44. The lowest BCUT2D eigenvalue weighted by Crippen LogP contribution is -2.68. The number of hydrogen-bond acceptors (Lipinski definition) is 5. The summed E-state index contributed by atoms with van der Waals surface area (Å²) in [6.45, 7) is 4.34. The van der Waals surface area contributed by atoms with E-state index in [4.69, 9.17) is 5.73 Å². The molecule has 0 bridgehead atoms. The predicted molar refractivity (Wildman–Crippen MR) is 68.7 cm³/mol. The number of hydrogen-bond donors (Lipinski definition) is 2. The average molecular weight is 278 g/mol. The molecule has 7 heteroatoms. The number of nitrogens with two attached hydrogens (primary N) is 1. The molecule has 106 valence electrons. The number of carbonyl (C=O) groups excluding carboxylic acids is 1. The lowest BCUT2D eigenvalue weighted by Gasteiger charge is -2.49. The first kappa shape index (κ1) is 15.4. The van der Waals surface area contributed by atoms with Crippen molar-refractivity contribution >= 4 is 15.7 Å². The zero-order valence-electron chi connectivity index (χ0n) is 11.1. The molecule has 1 unspecified atom stereocenters. The van der Waals surface area contributed by atoms with Crippen LogP contribution in [0.15, 0.2) is 0 Å². The van der Waals surface area contributed by atoms with Crippen molar-refractivity contribution in [2.45, 2.75) is 31.9 Å². The Morgan fingerprint density at radius 2 is 1.94 bits per heavy atom. The fourth-order valence-electron chi connectivity index (χ4n) is 1.83. The number of β-amino-alcohol motifs (C(OH)–C–C–N with tert-alkyl or cyclic N) is 1. The molecule has 1 atom stereocenters. The third-order valence-corrected chi connectivity index (χ3v) is 4.41. The largest absolute Gasteiger partial charge is 0.386 e. The van der Waals surface area contributed by atoms with Crippen molar-refractivity contribution < 1.29 is 18.3 Å². The van der Waals surface area contributed by atoms with Gasteiger partial charge in [-0.15, -0.1) is 0 Å². The van der Waals surface area contributed by atoms with Crippen molar-refractivity contribution in [3.05, 3.63) is 0 Å². The standard InChI is InChI=1S/C11H22N2O4S/c1-8(2)11(15)6-13(7-11)10(14)9(12)4-5-18(3,16)17/h8-9,15H,4-7,12H2,1-3H3. The van der Waals surface area contributed by atoms with Gasteiger partial charge < -0.3 is 15.7 Å². The van der Waals surface area contributed by atoms with Crippen LogP contribution in [0.5, 0.6) is 0 Å². The normalized spacial score (nSPS) is 20.7. The summed E-state index contributed by atoms with van der Waals surface area (Å²) in [6.07, 6.45) is 1.24. The van der Waals surface area contributed by atoms with Gasteiger partial charge >= 0.3 is 0 Å². The maximum absolute atomic E-state index is 11.8. The zero-order valence-corrected chi connectivity index (χ0v) is 11.9. The van der Waals surface area contributed by atoms with Crippen LogP contribution in [-0.2, 0) is 14.6 Å². The van der Waals surface area contributed by atoms with Crippen molar-refractivity contribution in [1.29, 1.82) is 0 Å². The third-order valence-electron chi connectivity index (χ3n) is 3.43. The van der Waals surface area contributed by atoms with E-state index >= 15 is 0 Å². The van der Waals surface area contributed by atoms with Gasteiger partial charge in [0.1, 0.15) is 15.4 Å². The molecule has 1 aliphatic heterocycles. The van der Waals surface area contributed by atoms with E-state index in [1.54, 1.807) is 0 Å². The summed E-state index contributed by atoms with van der Waals surface area (Å²) in [7, 11) is -3.10. The highest BCUT2D eigenvalue weighted by Crippen LogP contribution is 2.28. The smallest absolute Gasteiger partial charge is 0.239 e. The van der Waals surface area contributed by atoms with Gasteiger partial charge in [-0.25, -0.2) is 8.42 Å². The number of nitrogens with zero attached hydrogens (tertiary/aromatic N) is 1. The van der Waals surface area contributed by atoms with Gasteiger partial charge in [-0.3, -0.25) is 4.79 Å². The molecule has 3 N–H and O–H groups in total. The van der Waals surface area contributed by atoms with E-state index in [9.17, 15) is 18.3 Å². The molecule has 1 fully saturated rings. The van der Waals surface area contributed by atoms with Crippen molar-refractivity contribution in [3.8, 4) is 0 Å². The van der Waals surface area contributed by atoms with Gasteiger partial charge in [-0.1, -0.05) is 13.8 Å². The fraction of sp³-hybridized carbons (Fsp3) is 0.909. The average Bonchev–Trinajstić information content (AvgIpc) is 2.18. The summed E-state index contributed by atoms with van der Waals surface area (Å²) in [4.78, 5) is 13.3. The Kier molecular flexibility index (Phi) is 4.40. The van der Waals surface area contributed by atoms with Crippen molar-refractivity contribution in [3.63, 3.8) is 0 Å². The Bertz CT molecular complexity index is 413. The lowest BCUT2D eigenvalue weighted by atomic mass is 9.82. The monoisotopic (exact) mass is 278 g/mol. The summed E-state index contributed by atoms with van der Waals surface area (Å²) in [5, 5.41) is 10.0. The van der Waals surface area contributed by atoms with Crippen LogP contribution in [0.3, 0.4) is 0 Å². The first-order chi connectivity index (χ1) is 8.05. The van der Waals surface area contributed by atoms with Crippen LogP contribution >= 0.6 is 0 Å². The molecule has 0 aromatic heterocycles. The van der Waals surface area contributed by atoms with Crippen molar-refractivity contribution in [2.24, 2.45) is 11.7 Å². The van der Waals surface area contributed by atoms with Crippen LogP contribution < -0.4 is 5.73 Å². The summed E-state index contributed by atoms with van der Waals surface area (Å²) in [5.41, 5.74) is 4.84. The molecular weight excluding hydrogens is 256 g/mol. The van der Waals surface area contributed by atoms with E-state index in [-0.39, 0.29) is 37.1 Å². The molecule has 0 aromatic rings. The first-order valence-electron chi connectivity index (χ1n) is 5.99. The summed E-state index contributed by atoms with van der Waals surface area (Å²) in [6, 6.07) is -0.809. The molecule has 1 aliphatic rings. The fourth-order valence-corrected chi connectivity index (χ4v) is 2.52. The van der Waals surface area contributed by atoms with Crippen LogP contribution in [0.1, 0.15) is 20.3 Å². The highest BCUT2D eigenvalue weighted by molar-refractivity contribution is 7.90. The van der Waals surface area contributed by atoms with Crippen LogP contribution in [-0.4, -0.2) is 61.1 Å². The van der Waals surface area contributed by atoms with Crippen LogP contribution in [0.2, 0.25) is 0 Å². The van der Waals surface area contributed by atoms with Gasteiger partial charge in [-0.2, -0.15) is 0 Å². The SMILES string of the molecule is CC(C)C1(O)CN(C(=O)C(N)CCS(C)(=O)=O)C1. The molecule has 0 spiro atoms. The minimum absolute atomic E-state index is 0.0776. The molecule has 0 radical (unpaired) electrons. The number of rotatable bonds is 5. The van der Waals surface area contributed by atoms with Gasteiger partial charge in [-0.05, 0) is 12.3 Å². The molecule has 1 amide bonds. The number of aliphatic hydroxyl groups is 1. The van der Waals surface area contributed by atoms with Gasteiger partial charge in [0.05, 0.1) is 24.9 Å². The van der Waals surface area contributed by atoms with Crippen molar-refractivity contribution in [1.82, 2.24) is 4.90 Å². The number of amides is 1. The summed E-state index contributed by atoms with van der Waals surface area (Å²) in [5.74, 6) is -0.305.